The maximum Gasteiger partial charge on any atom is 0.225 e. The van der Waals surface area contributed by atoms with Crippen LogP contribution in [0.5, 0.6) is 0 Å². The van der Waals surface area contributed by atoms with Gasteiger partial charge >= 0.3 is 0 Å². The first-order valence-corrected chi connectivity index (χ1v) is 25.3. The summed E-state index contributed by atoms with van der Waals surface area (Å²) in [6.07, 6.45) is -15.0. The van der Waals surface area contributed by atoms with Crippen molar-refractivity contribution in [1.29, 1.82) is 0 Å². The third-order valence-electron chi connectivity index (χ3n) is 11.3. The number of hydrogen-bond acceptors (Lipinski definition) is 26. The summed E-state index contributed by atoms with van der Waals surface area (Å²) in [6, 6.07) is 0. The molecule has 0 heterocycles. The average Bonchev–Trinajstić information content (AvgIpc) is 3.36. The minimum absolute atomic E-state index is 0.00432. The summed E-state index contributed by atoms with van der Waals surface area (Å²) in [7, 11) is 1.73. The number of ether oxygens (including phenoxy) is 8. The van der Waals surface area contributed by atoms with Gasteiger partial charge in [-0.25, -0.2) is 0 Å². The van der Waals surface area contributed by atoms with E-state index < -0.39 is 79.7 Å². The molecule has 438 valence electrons. The van der Waals surface area contributed by atoms with Crippen molar-refractivity contribution in [3.63, 3.8) is 0 Å². The quantitative estimate of drug-likeness (QED) is 0.0252. The Hall–Kier alpha value is -1.53. The van der Waals surface area contributed by atoms with E-state index in [0.717, 1.165) is 0 Å². The van der Waals surface area contributed by atoms with E-state index in [1.165, 1.54) is 4.90 Å². The fourth-order valence-corrected chi connectivity index (χ4v) is 6.78. The summed E-state index contributed by atoms with van der Waals surface area (Å²) < 4.78 is 44.3. The molecule has 15 N–H and O–H groups in total. The molecular weight excluding hydrogens is 979 g/mol. The van der Waals surface area contributed by atoms with E-state index in [9.17, 15) is 61.0 Å². The number of hydrogen-bond donors (Lipinski definition) is 15. The Labute approximate surface area is 429 Å². The molecule has 0 aliphatic carbocycles. The Morgan fingerprint density at radius 2 is 0.658 bits per heavy atom. The van der Waals surface area contributed by atoms with E-state index in [1.807, 2.05) is 0 Å². The number of rotatable bonds is 54. The largest absolute Gasteiger partial charge is 0.396 e. The minimum atomic E-state index is -1.61. The third kappa shape index (κ3) is 37.8. The van der Waals surface area contributed by atoms with Gasteiger partial charge in [0.2, 0.25) is 5.91 Å². The maximum absolute atomic E-state index is 13.1. The molecule has 27 heteroatoms. The number of aliphatic hydroxyl groups is 15. The molecule has 0 aliphatic heterocycles. The third-order valence-corrected chi connectivity index (χ3v) is 11.3. The smallest absolute Gasteiger partial charge is 0.225 e. The number of carbonyl (C=O) groups excluding carboxylic acids is 1. The maximum atomic E-state index is 13.1. The van der Waals surface area contributed by atoms with Crippen LogP contribution >= 0.6 is 0 Å². The topological polar surface area (TPSA) is 404 Å². The van der Waals surface area contributed by atoms with Gasteiger partial charge < -0.3 is 124 Å². The van der Waals surface area contributed by atoms with Crippen molar-refractivity contribution in [3.05, 3.63) is 0 Å². The summed E-state index contributed by atoms with van der Waals surface area (Å²) >= 11 is 0. The van der Waals surface area contributed by atoms with Gasteiger partial charge in [0.1, 0.15) is 18.3 Å². The highest BCUT2D eigenvalue weighted by Gasteiger charge is 2.29. The summed E-state index contributed by atoms with van der Waals surface area (Å²) in [5.41, 5.74) is 0. The van der Waals surface area contributed by atoms with Gasteiger partial charge in [0.05, 0.1) is 161 Å². The first-order chi connectivity index (χ1) is 35.0. The molecule has 0 aromatic heterocycles. The first kappa shape index (κ1) is 71.5. The Morgan fingerprint density at radius 3 is 1.07 bits per heavy atom. The van der Waals surface area contributed by atoms with Crippen molar-refractivity contribution in [2.24, 2.45) is 0 Å². The molecule has 11 unspecified atom stereocenters. The summed E-state index contributed by atoms with van der Waals surface area (Å²) in [5, 5.41) is 147. The van der Waals surface area contributed by atoms with Crippen LogP contribution in [0.1, 0.15) is 38.5 Å². The van der Waals surface area contributed by atoms with E-state index in [1.54, 1.807) is 16.8 Å². The Morgan fingerprint density at radius 1 is 0.342 bits per heavy atom. The minimum Gasteiger partial charge on any atom is -0.396 e. The monoisotopic (exact) mass is 1070 g/mol. The molecule has 27 nitrogen and oxygen atoms in total. The molecule has 0 bridgehead atoms. The molecule has 1 amide bonds. The Bertz CT molecular complexity index is 1230. The van der Waals surface area contributed by atoms with Gasteiger partial charge in [0.25, 0.3) is 0 Å². The second kappa shape index (κ2) is 47.7. The molecule has 0 aliphatic rings. The van der Waals surface area contributed by atoms with Crippen LogP contribution in [0.4, 0.5) is 0 Å². The normalized spacial score (nSPS) is 16.8. The SMILES string of the molecule is CN(CCOCCOCCOCCOCCN(CC(O)C(O)C(O)CCO)C(=O)CCOCCOCCOCCOCCN(CCC(O)C(O)CCO)CC(O)C(O)C(O)CCO)CC(O)C(O)C(O)CCO. The van der Waals surface area contributed by atoms with Gasteiger partial charge in [-0.3, -0.25) is 9.69 Å². The van der Waals surface area contributed by atoms with E-state index in [-0.39, 0.29) is 177 Å². The highest BCUT2D eigenvalue weighted by Crippen LogP contribution is 2.11. The standard InChI is InChI=1S/C46H95N3O24/c1-47(32-40(59)44(63)37(56)4-13-51)9-17-67-21-25-71-30-31-73-27-23-69-19-11-49(34-42(61)46(65)39(58)6-15-53)43(62)7-16-66-20-24-70-28-29-72-26-22-68-18-10-48(8-2-35(54)36(55)3-12-50)33-41(60)45(64)38(57)5-14-52/h35-42,44-46,50-61,63-65H,2-34H2,1H3. The van der Waals surface area contributed by atoms with Crippen molar-refractivity contribution in [1.82, 2.24) is 14.7 Å². The predicted molar refractivity (Wildman–Crippen MR) is 259 cm³/mol. The van der Waals surface area contributed by atoms with Crippen molar-refractivity contribution >= 4 is 5.91 Å². The van der Waals surface area contributed by atoms with Crippen LogP contribution in [-0.4, -0.2) is 349 Å². The van der Waals surface area contributed by atoms with Crippen molar-refractivity contribution in [3.8, 4) is 0 Å². The fraction of sp³-hybridized carbons (Fsp3) is 0.978. The average molecular weight is 1070 g/mol. The van der Waals surface area contributed by atoms with Gasteiger partial charge in [0.15, 0.2) is 0 Å². The van der Waals surface area contributed by atoms with Gasteiger partial charge in [-0.05, 0) is 39.2 Å². The lowest BCUT2D eigenvalue weighted by Crippen LogP contribution is -2.47. The highest BCUT2D eigenvalue weighted by atomic mass is 16.6. The van der Waals surface area contributed by atoms with Crippen LogP contribution < -0.4 is 0 Å². The molecule has 0 radical (unpaired) electrons. The second-order valence-corrected chi connectivity index (χ2v) is 17.4. The van der Waals surface area contributed by atoms with Crippen molar-refractivity contribution in [2.75, 3.05) is 185 Å². The van der Waals surface area contributed by atoms with Crippen molar-refractivity contribution < 1.29 is 119 Å². The van der Waals surface area contributed by atoms with Crippen LogP contribution in [0, 0.1) is 0 Å². The van der Waals surface area contributed by atoms with E-state index in [2.05, 4.69) is 0 Å². The lowest BCUT2D eigenvalue weighted by atomic mass is 10.0. The molecule has 11 atom stereocenters. The van der Waals surface area contributed by atoms with Crippen LogP contribution in [0.25, 0.3) is 0 Å². The van der Waals surface area contributed by atoms with Crippen LogP contribution in [0.2, 0.25) is 0 Å². The van der Waals surface area contributed by atoms with Crippen LogP contribution in [0.15, 0.2) is 0 Å². The number of carbonyl (C=O) groups is 1. The number of nitrogens with zero attached hydrogens (tertiary/aromatic N) is 3. The second-order valence-electron chi connectivity index (χ2n) is 17.4. The summed E-state index contributed by atoms with van der Waals surface area (Å²) in [5.74, 6) is -0.400. The zero-order valence-electron chi connectivity index (χ0n) is 42.9. The number of amides is 1. The first-order valence-electron chi connectivity index (χ1n) is 25.3. The van der Waals surface area contributed by atoms with Crippen LogP contribution in [-0.2, 0) is 42.7 Å². The van der Waals surface area contributed by atoms with E-state index in [0.29, 0.717) is 33.0 Å². The van der Waals surface area contributed by atoms with Crippen molar-refractivity contribution in [2.45, 2.75) is 106 Å². The van der Waals surface area contributed by atoms with E-state index >= 15 is 0 Å². The molecule has 0 aromatic carbocycles. The Kier molecular flexibility index (Phi) is 46.7. The molecule has 0 aromatic rings. The molecular formula is C46H95N3O24. The molecule has 0 rings (SSSR count). The lowest BCUT2D eigenvalue weighted by molar-refractivity contribution is -0.138. The van der Waals surface area contributed by atoms with E-state index in [4.69, 9.17) is 58.3 Å². The van der Waals surface area contributed by atoms with Gasteiger partial charge in [-0.1, -0.05) is 0 Å². The molecule has 0 saturated heterocycles. The van der Waals surface area contributed by atoms with Gasteiger partial charge in [-0.2, -0.15) is 0 Å². The molecule has 0 fully saturated rings. The highest BCUT2D eigenvalue weighted by molar-refractivity contribution is 5.76. The Balaban J connectivity index is 4.41. The summed E-state index contributed by atoms with van der Waals surface area (Å²) in [4.78, 5) is 17.8. The molecule has 0 spiro atoms. The lowest BCUT2D eigenvalue weighted by Gasteiger charge is -2.30. The molecule has 0 saturated carbocycles. The van der Waals surface area contributed by atoms with Gasteiger partial charge in [-0.15, -0.1) is 0 Å². The fourth-order valence-electron chi connectivity index (χ4n) is 6.78. The van der Waals surface area contributed by atoms with Gasteiger partial charge in [0, 0.05) is 72.2 Å². The number of likely N-dealkylation sites (N-methyl/N-ethyl adjacent to an activating group) is 1. The summed E-state index contributed by atoms with van der Waals surface area (Å²) in [6.45, 7) is 3.01. The zero-order chi connectivity index (χ0) is 54.7. The molecule has 73 heavy (non-hydrogen) atoms. The number of aliphatic hydroxyl groups excluding tert-OH is 15. The van der Waals surface area contributed by atoms with Crippen LogP contribution in [0.3, 0.4) is 0 Å². The zero-order valence-corrected chi connectivity index (χ0v) is 42.9. The predicted octanol–water partition coefficient (Wildman–Crippen LogP) is -7.54.